The first-order valence-electron chi connectivity index (χ1n) is 10.8. The Morgan fingerprint density at radius 2 is 1.93 bits per heavy atom. The molecule has 162 valence electrons. The minimum absolute atomic E-state index is 0.206. The van der Waals surface area contributed by atoms with Crippen LogP contribution >= 0.6 is 0 Å². The fourth-order valence-corrected chi connectivity index (χ4v) is 3.46. The Labute approximate surface area is 169 Å². The van der Waals surface area contributed by atoms with Gasteiger partial charge in [-0.3, -0.25) is 4.99 Å². The maximum Gasteiger partial charge on any atom is 0.409 e. The number of nitrogens with zero attached hydrogens (tertiary/aromatic N) is 2. The van der Waals surface area contributed by atoms with Gasteiger partial charge in [0.05, 0.1) is 6.61 Å². The van der Waals surface area contributed by atoms with Crippen molar-refractivity contribution in [2.24, 2.45) is 10.9 Å². The number of amides is 1. The predicted molar refractivity (Wildman–Crippen MR) is 110 cm³/mol. The summed E-state index contributed by atoms with van der Waals surface area (Å²) in [5.74, 6) is 1.50. The van der Waals surface area contributed by atoms with E-state index in [1.54, 1.807) is 4.90 Å². The molecule has 28 heavy (non-hydrogen) atoms. The van der Waals surface area contributed by atoms with Gasteiger partial charge in [-0.25, -0.2) is 4.79 Å². The Bertz CT molecular complexity index is 461. The van der Waals surface area contributed by atoms with Crippen LogP contribution in [0.5, 0.6) is 0 Å². The van der Waals surface area contributed by atoms with Crippen LogP contribution in [-0.4, -0.2) is 82.2 Å². The smallest absolute Gasteiger partial charge is 0.409 e. The maximum atomic E-state index is 11.8. The summed E-state index contributed by atoms with van der Waals surface area (Å²) in [5.41, 5.74) is 0. The van der Waals surface area contributed by atoms with Gasteiger partial charge >= 0.3 is 6.09 Å². The summed E-state index contributed by atoms with van der Waals surface area (Å²) in [6, 6.07) is 0.327. The number of hydrogen-bond donors (Lipinski definition) is 2. The maximum absolute atomic E-state index is 11.8. The Hall–Kier alpha value is -1.54. The Balaban J connectivity index is 1.61. The topological polar surface area (TPSA) is 84.4 Å². The van der Waals surface area contributed by atoms with Gasteiger partial charge in [0.2, 0.25) is 0 Å². The molecule has 0 unspecified atom stereocenters. The lowest BCUT2D eigenvalue weighted by Crippen LogP contribution is -2.49. The van der Waals surface area contributed by atoms with E-state index >= 15 is 0 Å². The van der Waals surface area contributed by atoms with E-state index in [2.05, 4.69) is 22.5 Å². The molecule has 1 amide bonds. The van der Waals surface area contributed by atoms with Crippen LogP contribution in [0, 0.1) is 5.92 Å². The van der Waals surface area contributed by atoms with E-state index in [9.17, 15) is 4.79 Å². The van der Waals surface area contributed by atoms with E-state index in [0.717, 1.165) is 90.7 Å². The van der Waals surface area contributed by atoms with Crippen LogP contribution in [0.1, 0.15) is 46.0 Å². The quantitative estimate of drug-likeness (QED) is 0.351. The van der Waals surface area contributed by atoms with E-state index in [4.69, 9.17) is 14.2 Å². The third kappa shape index (κ3) is 8.65. The molecule has 8 nitrogen and oxygen atoms in total. The first kappa shape index (κ1) is 22.7. The molecule has 2 rings (SSSR count). The molecule has 2 fully saturated rings. The van der Waals surface area contributed by atoms with Crippen LogP contribution in [0.4, 0.5) is 4.79 Å². The molecule has 0 aliphatic carbocycles. The minimum Gasteiger partial charge on any atom is -0.450 e. The fourth-order valence-electron chi connectivity index (χ4n) is 3.46. The number of rotatable bonds is 9. The van der Waals surface area contributed by atoms with Crippen molar-refractivity contribution in [1.29, 1.82) is 0 Å². The lowest BCUT2D eigenvalue weighted by molar-refractivity contribution is 0.0205. The lowest BCUT2D eigenvalue weighted by Gasteiger charge is -2.32. The van der Waals surface area contributed by atoms with Crippen LogP contribution in [0.3, 0.4) is 0 Å². The average Bonchev–Trinajstić information content (AvgIpc) is 2.72. The zero-order chi connectivity index (χ0) is 20.0. The average molecular weight is 399 g/mol. The van der Waals surface area contributed by atoms with Crippen molar-refractivity contribution in [2.75, 3.05) is 59.2 Å². The molecule has 2 N–H and O–H groups in total. The molecule has 0 aromatic carbocycles. The molecular formula is C20H38N4O4. The molecule has 0 saturated carbocycles. The van der Waals surface area contributed by atoms with Crippen molar-refractivity contribution in [3.8, 4) is 0 Å². The highest BCUT2D eigenvalue weighted by atomic mass is 16.6. The molecule has 0 spiro atoms. The molecule has 0 aromatic heterocycles. The molecule has 0 radical (unpaired) electrons. The Morgan fingerprint density at radius 1 is 1.18 bits per heavy atom. The summed E-state index contributed by atoms with van der Waals surface area (Å²) in [6.45, 7) is 10.7. The summed E-state index contributed by atoms with van der Waals surface area (Å²) in [7, 11) is 0. The zero-order valence-corrected chi connectivity index (χ0v) is 17.6. The summed E-state index contributed by atoms with van der Waals surface area (Å²) >= 11 is 0. The number of aliphatic imine (C=N–C) groups is 1. The number of likely N-dealkylation sites (tertiary alicyclic amines) is 1. The number of carbonyl (C=O) groups is 1. The molecule has 2 heterocycles. The van der Waals surface area contributed by atoms with E-state index in [1.165, 1.54) is 0 Å². The predicted octanol–water partition coefficient (Wildman–Crippen LogP) is 2.00. The van der Waals surface area contributed by atoms with Crippen molar-refractivity contribution in [3.63, 3.8) is 0 Å². The standard InChI is InChI=1S/C20H38N4O4/c1-3-21-19(22-10-5-13-27-16-17-8-14-26-15-9-17)23-18-6-11-24(12-7-18)20(25)28-4-2/h17-18H,3-16H2,1-2H3,(H2,21,22,23). The number of piperidine rings is 1. The van der Waals surface area contributed by atoms with Gasteiger partial charge in [-0.05, 0) is 51.9 Å². The first-order chi connectivity index (χ1) is 13.7. The second kappa shape index (κ2) is 13.6. The molecular weight excluding hydrogens is 360 g/mol. The van der Waals surface area contributed by atoms with E-state index < -0.39 is 0 Å². The van der Waals surface area contributed by atoms with Gasteiger partial charge in [0.1, 0.15) is 0 Å². The van der Waals surface area contributed by atoms with Crippen LogP contribution < -0.4 is 10.6 Å². The molecule has 0 atom stereocenters. The molecule has 8 heteroatoms. The summed E-state index contributed by atoms with van der Waals surface area (Å²) in [5, 5.41) is 6.80. The van der Waals surface area contributed by atoms with E-state index in [0.29, 0.717) is 18.6 Å². The third-order valence-electron chi connectivity index (χ3n) is 5.12. The third-order valence-corrected chi connectivity index (χ3v) is 5.12. The number of hydrogen-bond acceptors (Lipinski definition) is 5. The molecule has 0 aromatic rings. The molecule has 2 saturated heterocycles. The van der Waals surface area contributed by atoms with Gasteiger partial charge in [-0.15, -0.1) is 0 Å². The largest absolute Gasteiger partial charge is 0.450 e. The number of ether oxygens (including phenoxy) is 3. The van der Waals surface area contributed by atoms with Crippen molar-refractivity contribution >= 4 is 12.1 Å². The lowest BCUT2D eigenvalue weighted by atomic mass is 10.0. The second-order valence-corrected chi connectivity index (χ2v) is 7.35. The number of guanidine groups is 1. The Kier molecular flexibility index (Phi) is 11.1. The number of nitrogens with one attached hydrogen (secondary N) is 2. The first-order valence-corrected chi connectivity index (χ1v) is 10.8. The van der Waals surface area contributed by atoms with Gasteiger partial charge in [0, 0.05) is 58.6 Å². The van der Waals surface area contributed by atoms with Crippen LogP contribution in [0.25, 0.3) is 0 Å². The van der Waals surface area contributed by atoms with Crippen molar-refractivity contribution < 1.29 is 19.0 Å². The van der Waals surface area contributed by atoms with Crippen LogP contribution in [0.2, 0.25) is 0 Å². The van der Waals surface area contributed by atoms with Crippen molar-refractivity contribution in [2.45, 2.75) is 52.0 Å². The SMILES string of the molecule is CCNC(=NCCCOCC1CCOCC1)NC1CCN(C(=O)OCC)CC1. The normalized spacial score (nSPS) is 19.5. The van der Waals surface area contributed by atoms with Crippen LogP contribution in [0.15, 0.2) is 4.99 Å². The summed E-state index contributed by atoms with van der Waals surface area (Å²) in [4.78, 5) is 18.2. The minimum atomic E-state index is -0.206. The van der Waals surface area contributed by atoms with E-state index in [1.807, 2.05) is 6.92 Å². The summed E-state index contributed by atoms with van der Waals surface area (Å²) in [6.07, 6.45) is 4.74. The van der Waals surface area contributed by atoms with Crippen molar-refractivity contribution in [3.05, 3.63) is 0 Å². The van der Waals surface area contributed by atoms with Gasteiger partial charge in [0.25, 0.3) is 0 Å². The van der Waals surface area contributed by atoms with Gasteiger partial charge < -0.3 is 29.7 Å². The molecule has 2 aliphatic heterocycles. The highest BCUT2D eigenvalue weighted by Crippen LogP contribution is 2.14. The second-order valence-electron chi connectivity index (χ2n) is 7.35. The zero-order valence-electron chi connectivity index (χ0n) is 17.6. The monoisotopic (exact) mass is 398 g/mol. The fraction of sp³-hybridized carbons (Fsp3) is 0.900. The van der Waals surface area contributed by atoms with Gasteiger partial charge in [-0.2, -0.15) is 0 Å². The highest BCUT2D eigenvalue weighted by molar-refractivity contribution is 5.80. The van der Waals surface area contributed by atoms with Gasteiger partial charge in [-0.1, -0.05) is 0 Å². The summed E-state index contributed by atoms with van der Waals surface area (Å²) < 4.78 is 16.2. The Morgan fingerprint density at radius 3 is 2.61 bits per heavy atom. The molecule has 0 bridgehead atoms. The van der Waals surface area contributed by atoms with Crippen molar-refractivity contribution in [1.82, 2.24) is 15.5 Å². The van der Waals surface area contributed by atoms with Gasteiger partial charge in [0.15, 0.2) is 5.96 Å². The number of carbonyl (C=O) groups excluding carboxylic acids is 1. The highest BCUT2D eigenvalue weighted by Gasteiger charge is 2.24. The molecule has 2 aliphatic rings. The van der Waals surface area contributed by atoms with Crippen LogP contribution in [-0.2, 0) is 14.2 Å². The van der Waals surface area contributed by atoms with E-state index in [-0.39, 0.29) is 6.09 Å².